The zero-order valence-corrected chi connectivity index (χ0v) is 13.5. The van der Waals surface area contributed by atoms with Gasteiger partial charge in [-0.3, -0.25) is 4.90 Å². The summed E-state index contributed by atoms with van der Waals surface area (Å²) in [6.07, 6.45) is 1.65. The van der Waals surface area contributed by atoms with Crippen LogP contribution in [0.15, 0.2) is 34.9 Å². The first-order valence-electron chi connectivity index (χ1n) is 7.07. The molecule has 0 unspecified atom stereocenters. The Morgan fingerprint density at radius 2 is 1.95 bits per heavy atom. The van der Waals surface area contributed by atoms with Gasteiger partial charge < -0.3 is 14.6 Å². The molecule has 1 aromatic carbocycles. The lowest BCUT2D eigenvalue weighted by Crippen LogP contribution is -2.38. The Kier molecular flexibility index (Phi) is 5.58. The molecule has 2 N–H and O–H groups in total. The lowest BCUT2D eigenvalue weighted by Gasteiger charge is -2.29. The maximum atomic E-state index is 9.34. The average molecular weight is 325 g/mol. The fraction of sp³-hybridized carbons (Fsp3) is 0.438. The van der Waals surface area contributed by atoms with E-state index in [1.807, 2.05) is 37.1 Å². The second kappa shape index (κ2) is 7.24. The van der Waals surface area contributed by atoms with Crippen LogP contribution in [0.5, 0.6) is 0 Å². The van der Waals surface area contributed by atoms with E-state index >= 15 is 0 Å². The minimum atomic E-state index is -0.549. The highest BCUT2D eigenvalue weighted by molar-refractivity contribution is 6.33. The third-order valence-electron chi connectivity index (χ3n) is 3.51. The molecule has 0 aliphatic rings. The van der Waals surface area contributed by atoms with Crippen LogP contribution < -0.4 is 0 Å². The van der Waals surface area contributed by atoms with Gasteiger partial charge >= 0.3 is 0 Å². The summed E-state index contributed by atoms with van der Waals surface area (Å²) in [5.74, 6) is 1.19. The summed E-state index contributed by atoms with van der Waals surface area (Å²) in [6.45, 7) is 2.69. The van der Waals surface area contributed by atoms with Gasteiger partial charge in [0, 0.05) is 17.5 Å². The van der Waals surface area contributed by atoms with Crippen molar-refractivity contribution < 1.29 is 14.6 Å². The maximum absolute atomic E-state index is 9.34. The number of aliphatic hydroxyl groups excluding tert-OH is 2. The highest BCUT2D eigenvalue weighted by Gasteiger charge is 2.25. The van der Waals surface area contributed by atoms with Crippen molar-refractivity contribution in [2.45, 2.75) is 13.5 Å². The van der Waals surface area contributed by atoms with Crippen molar-refractivity contribution in [1.29, 1.82) is 0 Å². The highest BCUT2D eigenvalue weighted by Crippen LogP contribution is 2.28. The lowest BCUT2D eigenvalue weighted by atomic mass is 9.92. The van der Waals surface area contributed by atoms with E-state index in [1.165, 1.54) is 0 Å². The monoisotopic (exact) mass is 324 g/mol. The Balaban J connectivity index is 2.05. The van der Waals surface area contributed by atoms with Crippen LogP contribution in [-0.4, -0.2) is 46.9 Å². The van der Waals surface area contributed by atoms with Crippen LogP contribution >= 0.6 is 11.6 Å². The molecule has 0 amide bonds. The molecule has 120 valence electrons. The molecule has 0 aliphatic heterocycles. The van der Waals surface area contributed by atoms with Gasteiger partial charge in [0.05, 0.1) is 31.0 Å². The molecule has 0 fully saturated rings. The van der Waals surface area contributed by atoms with Gasteiger partial charge in [-0.2, -0.15) is 0 Å². The number of hydrogen-bond acceptors (Lipinski definition) is 5. The summed E-state index contributed by atoms with van der Waals surface area (Å²) >= 11 is 6.14. The largest absolute Gasteiger partial charge is 0.439 e. The molecule has 0 atom stereocenters. The van der Waals surface area contributed by atoms with Gasteiger partial charge in [0.1, 0.15) is 0 Å². The Morgan fingerprint density at radius 3 is 2.59 bits per heavy atom. The Morgan fingerprint density at radius 1 is 1.27 bits per heavy atom. The first kappa shape index (κ1) is 17.0. The fourth-order valence-corrected chi connectivity index (χ4v) is 2.49. The number of aliphatic hydroxyl groups is 2. The molecular weight excluding hydrogens is 304 g/mol. The van der Waals surface area contributed by atoms with E-state index < -0.39 is 5.41 Å². The normalized spacial score (nSPS) is 12.1. The number of oxazole rings is 1. The van der Waals surface area contributed by atoms with Crippen molar-refractivity contribution >= 4 is 11.6 Å². The van der Waals surface area contributed by atoms with E-state index in [9.17, 15) is 10.2 Å². The summed E-state index contributed by atoms with van der Waals surface area (Å²) in [6, 6.07) is 7.44. The van der Waals surface area contributed by atoms with Crippen LogP contribution in [0.2, 0.25) is 5.02 Å². The summed E-state index contributed by atoms with van der Waals surface area (Å²) in [5, 5.41) is 19.3. The van der Waals surface area contributed by atoms with Crippen molar-refractivity contribution in [3.8, 4) is 11.3 Å². The highest BCUT2D eigenvalue weighted by atomic mass is 35.5. The molecule has 6 heteroatoms. The lowest BCUT2D eigenvalue weighted by molar-refractivity contribution is 0.0383. The summed E-state index contributed by atoms with van der Waals surface area (Å²) < 4.78 is 5.74. The van der Waals surface area contributed by atoms with Gasteiger partial charge in [-0.1, -0.05) is 30.7 Å². The molecule has 0 saturated carbocycles. The Labute approximate surface area is 135 Å². The smallest absolute Gasteiger partial charge is 0.209 e. The average Bonchev–Trinajstić information content (AvgIpc) is 2.95. The molecule has 0 saturated heterocycles. The van der Waals surface area contributed by atoms with Crippen molar-refractivity contribution in [3.63, 3.8) is 0 Å². The Hall–Kier alpha value is -1.40. The standard InChI is InChI=1S/C16H21ClN2O3/c1-16(10-20,11-21)9-19(2)8-15-18-7-14(22-15)12-5-3-4-6-13(12)17/h3-7,20-21H,8-11H2,1-2H3. The number of nitrogens with zero attached hydrogens (tertiary/aromatic N) is 2. The number of halogens is 1. The van der Waals surface area contributed by atoms with Crippen molar-refractivity contribution in [1.82, 2.24) is 9.88 Å². The van der Waals surface area contributed by atoms with E-state index in [0.717, 1.165) is 5.56 Å². The molecule has 2 rings (SSSR count). The maximum Gasteiger partial charge on any atom is 0.209 e. The number of benzene rings is 1. The van der Waals surface area contributed by atoms with Crippen molar-refractivity contribution in [2.24, 2.45) is 5.41 Å². The Bertz CT molecular complexity index is 611. The van der Waals surface area contributed by atoms with E-state index in [2.05, 4.69) is 4.98 Å². The summed E-state index contributed by atoms with van der Waals surface area (Å²) in [7, 11) is 1.89. The van der Waals surface area contributed by atoms with Gasteiger partial charge in [0.15, 0.2) is 5.76 Å². The molecule has 2 aromatic rings. The number of hydrogen-bond donors (Lipinski definition) is 2. The molecule has 0 radical (unpaired) electrons. The van der Waals surface area contributed by atoms with Crippen molar-refractivity contribution in [2.75, 3.05) is 26.8 Å². The van der Waals surface area contributed by atoms with Gasteiger partial charge in [-0.15, -0.1) is 0 Å². The van der Waals surface area contributed by atoms with Crippen LogP contribution in [0.3, 0.4) is 0 Å². The SMILES string of the molecule is CN(Cc1ncc(-c2ccccc2Cl)o1)CC(C)(CO)CO. The van der Waals surface area contributed by atoms with Crippen LogP contribution in [0.25, 0.3) is 11.3 Å². The second-order valence-electron chi connectivity index (χ2n) is 5.90. The van der Waals surface area contributed by atoms with Crippen LogP contribution in [0, 0.1) is 5.41 Å². The molecule has 1 aromatic heterocycles. The predicted octanol–water partition coefficient (Wildman–Crippen LogP) is 2.42. The van der Waals surface area contributed by atoms with E-state index in [4.69, 9.17) is 16.0 Å². The molecule has 0 aliphatic carbocycles. The quantitative estimate of drug-likeness (QED) is 0.818. The molecular formula is C16H21ClN2O3. The summed E-state index contributed by atoms with van der Waals surface area (Å²) in [5.41, 5.74) is 0.258. The minimum absolute atomic E-state index is 0.0791. The molecule has 1 heterocycles. The first-order chi connectivity index (χ1) is 10.5. The topological polar surface area (TPSA) is 69.7 Å². The van der Waals surface area contributed by atoms with E-state index in [0.29, 0.717) is 29.8 Å². The summed E-state index contributed by atoms with van der Waals surface area (Å²) in [4.78, 5) is 6.22. The predicted molar refractivity (Wildman–Crippen MR) is 85.6 cm³/mol. The van der Waals surface area contributed by atoms with Gasteiger partial charge in [-0.25, -0.2) is 4.98 Å². The minimum Gasteiger partial charge on any atom is -0.439 e. The zero-order chi connectivity index (χ0) is 16.2. The molecule has 0 bridgehead atoms. The van der Waals surface area contributed by atoms with Crippen LogP contribution in [-0.2, 0) is 6.54 Å². The van der Waals surface area contributed by atoms with Gasteiger partial charge in [-0.05, 0) is 19.2 Å². The van der Waals surface area contributed by atoms with Crippen LogP contribution in [0.4, 0.5) is 0 Å². The number of aromatic nitrogens is 1. The van der Waals surface area contributed by atoms with E-state index in [1.54, 1.807) is 12.3 Å². The van der Waals surface area contributed by atoms with Crippen LogP contribution in [0.1, 0.15) is 12.8 Å². The fourth-order valence-electron chi connectivity index (χ4n) is 2.26. The molecule has 22 heavy (non-hydrogen) atoms. The van der Waals surface area contributed by atoms with Gasteiger partial charge in [0.2, 0.25) is 5.89 Å². The van der Waals surface area contributed by atoms with Crippen molar-refractivity contribution in [3.05, 3.63) is 41.4 Å². The second-order valence-corrected chi connectivity index (χ2v) is 6.30. The molecule has 5 nitrogen and oxygen atoms in total. The molecule has 0 spiro atoms. The van der Waals surface area contributed by atoms with E-state index in [-0.39, 0.29) is 13.2 Å². The van der Waals surface area contributed by atoms with Gasteiger partial charge in [0.25, 0.3) is 0 Å². The third kappa shape index (κ3) is 4.08. The third-order valence-corrected chi connectivity index (χ3v) is 3.84. The first-order valence-corrected chi connectivity index (χ1v) is 7.45. The number of rotatable bonds is 7. The zero-order valence-electron chi connectivity index (χ0n) is 12.8.